The second kappa shape index (κ2) is 10.9. The minimum atomic E-state index is -4.51. The Bertz CT molecular complexity index is 1730. The number of hydrogen-bond acceptors (Lipinski definition) is 6. The minimum absolute atomic E-state index is 0.0816. The Balaban J connectivity index is 1.23. The summed E-state index contributed by atoms with van der Waals surface area (Å²) in [4.78, 5) is 30.6. The van der Waals surface area contributed by atoms with Crippen molar-refractivity contribution in [3.63, 3.8) is 0 Å². The van der Waals surface area contributed by atoms with E-state index in [1.165, 1.54) is 29.2 Å². The number of likely N-dealkylation sites (N-methyl/N-ethyl adjacent to an activating group) is 1. The van der Waals surface area contributed by atoms with Crippen molar-refractivity contribution in [2.24, 2.45) is 0 Å². The fourth-order valence-corrected chi connectivity index (χ4v) is 8.83. The molecule has 5 atom stereocenters. The monoisotopic (exact) mass is 633 g/mol. The number of rotatable bonds is 7. The molecule has 7 rings (SSSR count). The van der Waals surface area contributed by atoms with E-state index in [-0.39, 0.29) is 28.4 Å². The summed E-state index contributed by atoms with van der Waals surface area (Å²) in [5, 5.41) is 24.4. The average Bonchev–Trinajstić information content (AvgIpc) is 3.39. The molecule has 4 aliphatic rings. The van der Waals surface area contributed by atoms with Gasteiger partial charge in [-0.15, -0.1) is 0 Å². The van der Waals surface area contributed by atoms with Crippen molar-refractivity contribution in [1.29, 1.82) is 0 Å². The number of amides is 1. The quantitative estimate of drug-likeness (QED) is 0.206. The Labute approximate surface area is 264 Å². The van der Waals surface area contributed by atoms with Gasteiger partial charge in [0.05, 0.1) is 17.6 Å². The molecule has 8 nitrogen and oxygen atoms in total. The van der Waals surface area contributed by atoms with Crippen LogP contribution in [-0.4, -0.2) is 69.6 Å². The summed E-state index contributed by atoms with van der Waals surface area (Å²) in [7, 11) is 1.60. The summed E-state index contributed by atoms with van der Waals surface area (Å²) in [5.41, 5.74) is -0.290. The molecule has 1 saturated carbocycles. The van der Waals surface area contributed by atoms with Crippen molar-refractivity contribution in [1.82, 2.24) is 9.80 Å². The van der Waals surface area contributed by atoms with Crippen LogP contribution in [-0.2, 0) is 29.2 Å². The van der Waals surface area contributed by atoms with Gasteiger partial charge >= 0.3 is 6.18 Å². The zero-order valence-corrected chi connectivity index (χ0v) is 25.2. The van der Waals surface area contributed by atoms with Gasteiger partial charge in [-0.25, -0.2) is 0 Å². The van der Waals surface area contributed by atoms with Gasteiger partial charge in [-0.3, -0.25) is 19.8 Å². The second-order valence-electron chi connectivity index (χ2n) is 12.9. The number of alkyl halides is 3. The molecule has 0 aromatic heterocycles. The maximum Gasteiger partial charge on any atom is 0.416 e. The Morgan fingerprint density at radius 2 is 1.93 bits per heavy atom. The summed E-state index contributed by atoms with van der Waals surface area (Å²) in [6, 6.07) is 17.2. The van der Waals surface area contributed by atoms with Crippen LogP contribution in [0.4, 0.5) is 13.2 Å². The molecule has 2 fully saturated rings. The van der Waals surface area contributed by atoms with Crippen molar-refractivity contribution in [3.8, 4) is 11.5 Å². The first-order chi connectivity index (χ1) is 22.0. The third-order valence-corrected chi connectivity index (χ3v) is 10.9. The number of aromatic hydroxyl groups is 1. The molecule has 2 heterocycles. The van der Waals surface area contributed by atoms with Gasteiger partial charge in [0.15, 0.2) is 11.5 Å². The first-order valence-electron chi connectivity index (χ1n) is 15.5. The van der Waals surface area contributed by atoms with E-state index >= 15 is 0 Å². The fourth-order valence-electron chi connectivity index (χ4n) is 8.83. The van der Waals surface area contributed by atoms with E-state index in [0.717, 1.165) is 29.7 Å². The van der Waals surface area contributed by atoms with E-state index in [0.29, 0.717) is 37.9 Å². The number of phenols is 1. The lowest BCUT2D eigenvalue weighted by Gasteiger charge is -2.61. The predicted molar refractivity (Wildman–Crippen MR) is 164 cm³/mol. The van der Waals surface area contributed by atoms with Gasteiger partial charge in [-0.2, -0.15) is 13.2 Å². The first-order valence-corrected chi connectivity index (χ1v) is 15.5. The normalized spacial score (nSPS) is 28.0. The standard InChI is InChI=1S/C35H34F3N3O5/c1-39(29(43)13-10-23-8-5-9-25(20-23)35(36,37)38)26-14-16-34(41(44)45)28-21-24-11-12-27(42)31-30(24)33(34,32(26)46-31)17-19-40(28)18-15-22-6-3-2-4-7-22/h2-13,20,26,28,32,42H,14-19,21H2,1H3/t26-,28-,32+,33+,34-/m1/s1. The van der Waals surface area contributed by atoms with Crippen LogP contribution >= 0.6 is 0 Å². The molecule has 3 aromatic rings. The first kappa shape index (κ1) is 30.3. The zero-order chi connectivity index (χ0) is 32.4. The van der Waals surface area contributed by atoms with Crippen molar-refractivity contribution in [2.45, 2.75) is 67.4 Å². The highest BCUT2D eigenvalue weighted by atomic mass is 19.4. The number of nitrogens with zero attached hydrogens (tertiary/aromatic N) is 3. The maximum atomic E-state index is 13.5. The van der Waals surface area contributed by atoms with Crippen molar-refractivity contribution < 1.29 is 32.7 Å². The van der Waals surface area contributed by atoms with Gasteiger partial charge < -0.3 is 14.7 Å². The van der Waals surface area contributed by atoms with E-state index in [2.05, 4.69) is 17.0 Å². The van der Waals surface area contributed by atoms with Crippen LogP contribution in [0.1, 0.15) is 47.1 Å². The SMILES string of the molecule is CN(C(=O)C=Cc1cccc(C(F)(F)F)c1)[C@@H]1CC[C@@]2([N+](=O)[O-])[C@H]3Cc4ccc(O)c5c4[C@@]2(CCN3CCc2ccccc2)[C@H]1O5. The van der Waals surface area contributed by atoms with Crippen LogP contribution in [0.15, 0.2) is 72.8 Å². The molecule has 1 amide bonds. The third kappa shape index (κ3) is 4.42. The van der Waals surface area contributed by atoms with Crippen LogP contribution < -0.4 is 4.74 Å². The number of nitro groups is 1. The maximum absolute atomic E-state index is 13.5. The topological polar surface area (TPSA) is 96.2 Å². The number of halogens is 3. The van der Waals surface area contributed by atoms with Gasteiger partial charge in [0.2, 0.25) is 5.91 Å². The summed E-state index contributed by atoms with van der Waals surface area (Å²) in [6.07, 6.45) is -0.602. The Morgan fingerprint density at radius 3 is 2.67 bits per heavy atom. The van der Waals surface area contributed by atoms with Crippen LogP contribution in [0.3, 0.4) is 0 Å². The molecule has 2 aliphatic carbocycles. The molecule has 46 heavy (non-hydrogen) atoms. The van der Waals surface area contributed by atoms with Crippen molar-refractivity contribution >= 4 is 12.0 Å². The van der Waals surface area contributed by atoms with E-state index in [4.69, 9.17) is 4.74 Å². The molecule has 240 valence electrons. The fraction of sp³-hybridized carbons (Fsp3) is 0.400. The third-order valence-electron chi connectivity index (χ3n) is 10.9. The molecule has 0 radical (unpaired) electrons. The molecule has 2 aliphatic heterocycles. The van der Waals surface area contributed by atoms with E-state index in [1.54, 1.807) is 13.1 Å². The lowest BCUT2D eigenvalue weighted by Crippen LogP contribution is -2.80. The molecule has 0 unspecified atom stereocenters. The van der Waals surface area contributed by atoms with Gasteiger partial charge in [0, 0.05) is 36.6 Å². The van der Waals surface area contributed by atoms with Crippen LogP contribution in [0, 0.1) is 10.1 Å². The highest BCUT2D eigenvalue weighted by Gasteiger charge is 2.80. The van der Waals surface area contributed by atoms with Crippen LogP contribution in [0.25, 0.3) is 6.08 Å². The van der Waals surface area contributed by atoms with E-state index in [9.17, 15) is 33.2 Å². The molecule has 11 heteroatoms. The van der Waals surface area contributed by atoms with Crippen LogP contribution in [0.2, 0.25) is 0 Å². The van der Waals surface area contributed by atoms with E-state index < -0.39 is 46.8 Å². The lowest BCUT2D eigenvalue weighted by atomic mass is 9.46. The highest BCUT2D eigenvalue weighted by Crippen LogP contribution is 2.66. The van der Waals surface area contributed by atoms with Crippen molar-refractivity contribution in [3.05, 3.63) is 111 Å². The smallest absolute Gasteiger partial charge is 0.416 e. The van der Waals surface area contributed by atoms with E-state index in [1.807, 2.05) is 24.3 Å². The number of benzene rings is 3. The number of ether oxygens (including phenoxy) is 1. The molecular weight excluding hydrogens is 599 g/mol. The number of likely N-dealkylation sites (tertiary alicyclic amines) is 1. The Kier molecular flexibility index (Phi) is 7.15. The van der Waals surface area contributed by atoms with Crippen molar-refractivity contribution in [2.75, 3.05) is 20.1 Å². The van der Waals surface area contributed by atoms with Crippen LogP contribution in [0.5, 0.6) is 11.5 Å². The van der Waals surface area contributed by atoms with Gasteiger partial charge in [-0.1, -0.05) is 48.5 Å². The summed E-state index contributed by atoms with van der Waals surface area (Å²) in [6.45, 7) is 1.26. The summed E-state index contributed by atoms with van der Waals surface area (Å²) in [5.74, 6) is -0.275. The number of piperidine rings is 1. The lowest BCUT2D eigenvalue weighted by molar-refractivity contribution is -0.606. The number of phenolic OH excluding ortho intramolecular Hbond substituents is 1. The Hall–Kier alpha value is -4.38. The molecule has 1 N–H and O–H groups in total. The number of carbonyl (C=O) groups excluding carboxylic acids is 1. The number of carbonyl (C=O) groups is 1. The highest BCUT2D eigenvalue weighted by molar-refractivity contribution is 5.92. The average molecular weight is 634 g/mol. The Morgan fingerprint density at radius 1 is 1.15 bits per heavy atom. The molecule has 3 aromatic carbocycles. The molecule has 2 bridgehead atoms. The molecule has 1 spiro atoms. The zero-order valence-electron chi connectivity index (χ0n) is 25.2. The summed E-state index contributed by atoms with van der Waals surface area (Å²) >= 11 is 0. The second-order valence-corrected chi connectivity index (χ2v) is 12.9. The largest absolute Gasteiger partial charge is 0.504 e. The predicted octanol–water partition coefficient (Wildman–Crippen LogP) is 5.63. The number of hydrogen-bond donors (Lipinski definition) is 1. The van der Waals surface area contributed by atoms with Gasteiger partial charge in [0.25, 0.3) is 5.54 Å². The van der Waals surface area contributed by atoms with Gasteiger partial charge in [0.1, 0.15) is 11.5 Å². The summed E-state index contributed by atoms with van der Waals surface area (Å²) < 4.78 is 46.2. The van der Waals surface area contributed by atoms with Gasteiger partial charge in [-0.05, 0) is 73.2 Å². The molecule has 1 saturated heterocycles. The molecular formula is C35H34F3N3O5. The minimum Gasteiger partial charge on any atom is -0.504 e.